The number of rotatable bonds is 4. The van der Waals surface area contributed by atoms with Gasteiger partial charge in [0.05, 0.1) is 23.8 Å². The summed E-state index contributed by atoms with van der Waals surface area (Å²) in [6.07, 6.45) is 8.96. The molecule has 2 aliphatic heterocycles. The molecule has 0 radical (unpaired) electrons. The van der Waals surface area contributed by atoms with Crippen LogP contribution in [0.25, 0.3) is 22.1 Å². The normalized spacial score (nSPS) is 24.7. The third-order valence-corrected chi connectivity index (χ3v) is 7.43. The summed E-state index contributed by atoms with van der Waals surface area (Å²) < 4.78 is 1.98. The Balaban J connectivity index is 1.24. The Morgan fingerprint density at radius 3 is 2.94 bits per heavy atom. The van der Waals surface area contributed by atoms with Gasteiger partial charge in [-0.15, -0.1) is 0 Å². The van der Waals surface area contributed by atoms with E-state index in [1.54, 1.807) is 18.7 Å². The number of aromatic amines is 2. The van der Waals surface area contributed by atoms with Crippen LogP contribution in [0.2, 0.25) is 0 Å². The van der Waals surface area contributed by atoms with Gasteiger partial charge in [0.1, 0.15) is 12.1 Å². The van der Waals surface area contributed by atoms with E-state index in [0.29, 0.717) is 24.3 Å². The highest BCUT2D eigenvalue weighted by Gasteiger charge is 2.39. The summed E-state index contributed by atoms with van der Waals surface area (Å²) >= 11 is 0. The van der Waals surface area contributed by atoms with Gasteiger partial charge in [0.15, 0.2) is 12.0 Å². The zero-order valence-corrected chi connectivity index (χ0v) is 19.6. The summed E-state index contributed by atoms with van der Waals surface area (Å²) in [5.41, 5.74) is 3.88. The maximum absolute atomic E-state index is 13.6. The van der Waals surface area contributed by atoms with Crippen molar-refractivity contribution in [2.24, 2.45) is 4.99 Å². The first-order valence-electron chi connectivity index (χ1n) is 12.1. The molecular formula is C26H28N7O2+. The number of likely N-dealkylation sites (N-methyl/N-ethyl adjacent to an activating group) is 1. The van der Waals surface area contributed by atoms with Crippen molar-refractivity contribution in [3.8, 4) is 0 Å². The van der Waals surface area contributed by atoms with Gasteiger partial charge in [0.25, 0.3) is 0 Å². The van der Waals surface area contributed by atoms with Crippen molar-refractivity contribution < 1.29 is 9.28 Å². The lowest BCUT2D eigenvalue weighted by molar-refractivity contribution is -0.741. The zero-order chi connectivity index (χ0) is 24.0. The van der Waals surface area contributed by atoms with Gasteiger partial charge >= 0.3 is 11.6 Å². The Morgan fingerprint density at radius 2 is 2.11 bits per heavy atom. The van der Waals surface area contributed by atoms with Gasteiger partial charge in [-0.05, 0) is 50.6 Å². The van der Waals surface area contributed by atoms with Gasteiger partial charge in [-0.25, -0.2) is 24.0 Å². The average Bonchev–Trinajstić information content (AvgIpc) is 3.48. The Morgan fingerprint density at radius 1 is 1.23 bits per heavy atom. The molecule has 0 aliphatic carbocycles. The molecule has 0 spiro atoms. The second-order valence-corrected chi connectivity index (χ2v) is 9.32. The van der Waals surface area contributed by atoms with E-state index in [9.17, 15) is 9.59 Å². The summed E-state index contributed by atoms with van der Waals surface area (Å²) in [7, 11) is 0. The van der Waals surface area contributed by atoms with E-state index in [1.807, 2.05) is 47.9 Å². The standard InChI is InChI=1S/C26H27N7O2/c1-2-33(25(34)19-15-29-20-7-4-3-6-18(19)20)13-10-21(30-16-33)22-14-17(9-12-27-22)32-23-8-5-11-28-24(23)31-26(32)35/h3-8,10-11,15-17,22,27H,2,9,12-14H2,1H3,(H-,28,29,31,34,35)/p+1. The number of hydrogen-bond acceptors (Lipinski definition) is 5. The number of carbonyl (C=O) groups excluding carboxylic acids is 1. The molecule has 2 aliphatic rings. The number of para-hydroxylation sites is 1. The van der Waals surface area contributed by atoms with Crippen LogP contribution in [0.3, 0.4) is 0 Å². The van der Waals surface area contributed by atoms with Crippen LogP contribution < -0.4 is 11.0 Å². The van der Waals surface area contributed by atoms with Crippen molar-refractivity contribution in [1.82, 2.24) is 24.8 Å². The minimum Gasteiger partial charge on any atom is -0.360 e. The van der Waals surface area contributed by atoms with Crippen LogP contribution in [0.5, 0.6) is 0 Å². The van der Waals surface area contributed by atoms with Gasteiger partial charge in [-0.1, -0.05) is 18.2 Å². The number of amides is 1. The first-order valence-corrected chi connectivity index (χ1v) is 12.1. The molecule has 3 N–H and O–H groups in total. The highest BCUT2D eigenvalue weighted by atomic mass is 16.2. The monoisotopic (exact) mass is 470 g/mol. The van der Waals surface area contributed by atoms with E-state index in [1.165, 1.54) is 0 Å². The van der Waals surface area contributed by atoms with Gasteiger partial charge < -0.3 is 10.3 Å². The van der Waals surface area contributed by atoms with Crippen LogP contribution in [-0.4, -0.2) is 61.9 Å². The number of piperidine rings is 1. The summed E-state index contributed by atoms with van der Waals surface area (Å²) in [6.45, 7) is 3.96. The highest BCUT2D eigenvalue weighted by Crippen LogP contribution is 2.29. The van der Waals surface area contributed by atoms with Crippen molar-refractivity contribution in [1.29, 1.82) is 0 Å². The predicted octanol–water partition coefficient (Wildman–Crippen LogP) is 3.10. The molecule has 4 aromatic rings. The topological polar surface area (TPSA) is 108 Å². The second-order valence-electron chi connectivity index (χ2n) is 9.32. The molecule has 0 saturated carbocycles. The molecule has 178 valence electrons. The zero-order valence-electron chi connectivity index (χ0n) is 19.6. The Bertz CT molecular complexity index is 1540. The average molecular weight is 471 g/mol. The van der Waals surface area contributed by atoms with E-state index < -0.39 is 0 Å². The van der Waals surface area contributed by atoms with E-state index in [0.717, 1.165) is 41.5 Å². The first kappa shape index (κ1) is 21.7. The van der Waals surface area contributed by atoms with Gasteiger partial charge in [-0.2, -0.15) is 0 Å². The lowest BCUT2D eigenvalue weighted by atomic mass is 9.96. The maximum Gasteiger partial charge on any atom is 0.354 e. The molecule has 6 rings (SSSR count). The fourth-order valence-corrected chi connectivity index (χ4v) is 5.42. The third kappa shape index (κ3) is 3.55. The van der Waals surface area contributed by atoms with E-state index in [4.69, 9.17) is 4.99 Å². The predicted molar refractivity (Wildman–Crippen MR) is 135 cm³/mol. The number of aliphatic imine (C=N–C) groups is 1. The Hall–Kier alpha value is -3.82. The molecule has 5 heterocycles. The minimum atomic E-state index is -0.128. The van der Waals surface area contributed by atoms with E-state index in [-0.39, 0.29) is 28.2 Å². The molecule has 3 unspecified atom stereocenters. The molecule has 9 heteroatoms. The number of H-pyrrole nitrogens is 2. The first-order chi connectivity index (χ1) is 17.1. The highest BCUT2D eigenvalue weighted by molar-refractivity contribution is 6.05. The number of nitrogens with one attached hydrogen (secondary N) is 3. The number of hydrogen-bond donors (Lipinski definition) is 3. The van der Waals surface area contributed by atoms with Crippen molar-refractivity contribution in [3.63, 3.8) is 0 Å². The minimum absolute atomic E-state index is 0.0146. The van der Waals surface area contributed by atoms with Gasteiger partial charge in [0.2, 0.25) is 0 Å². The molecule has 0 bridgehead atoms. The molecule has 1 aromatic carbocycles. The van der Waals surface area contributed by atoms with Crippen LogP contribution in [0.1, 0.15) is 36.2 Å². The van der Waals surface area contributed by atoms with E-state index >= 15 is 0 Å². The Labute approximate surface area is 201 Å². The second kappa shape index (κ2) is 8.44. The lowest BCUT2D eigenvalue weighted by Gasteiger charge is -2.35. The summed E-state index contributed by atoms with van der Waals surface area (Å²) in [6, 6.07) is 11.7. The molecule has 1 fully saturated rings. The SMILES string of the molecule is CC[N+]1(C(=O)c2c[nH]c3ccccc23)C=NC(C2CC(n3c(=O)[nH]c4ncccc43)CCN2)=CC1. The number of benzene rings is 1. The summed E-state index contributed by atoms with van der Waals surface area (Å²) in [5, 5.41) is 4.49. The number of fused-ring (bicyclic) bond motifs is 2. The largest absolute Gasteiger partial charge is 0.360 e. The van der Waals surface area contributed by atoms with E-state index in [2.05, 4.69) is 26.3 Å². The van der Waals surface area contributed by atoms with Crippen molar-refractivity contribution >= 4 is 34.3 Å². The van der Waals surface area contributed by atoms with Crippen LogP contribution in [-0.2, 0) is 0 Å². The summed E-state index contributed by atoms with van der Waals surface area (Å²) in [5.74, 6) is 0.0383. The molecule has 1 saturated heterocycles. The third-order valence-electron chi connectivity index (χ3n) is 7.43. The number of nitrogens with zero attached hydrogens (tertiary/aromatic N) is 4. The molecule has 3 atom stereocenters. The van der Waals surface area contributed by atoms with Gasteiger partial charge in [0, 0.05) is 29.3 Å². The summed E-state index contributed by atoms with van der Waals surface area (Å²) in [4.78, 5) is 41.5. The van der Waals surface area contributed by atoms with Crippen LogP contribution >= 0.6 is 0 Å². The lowest BCUT2D eigenvalue weighted by Crippen LogP contribution is -2.53. The molecule has 1 amide bonds. The van der Waals surface area contributed by atoms with Crippen LogP contribution in [0.4, 0.5) is 0 Å². The number of pyridine rings is 1. The van der Waals surface area contributed by atoms with Crippen molar-refractivity contribution in [3.05, 3.63) is 76.6 Å². The number of imidazole rings is 1. The molecule has 9 nitrogen and oxygen atoms in total. The molecule has 35 heavy (non-hydrogen) atoms. The number of quaternary nitrogens is 1. The van der Waals surface area contributed by atoms with Crippen LogP contribution in [0.15, 0.2) is 70.4 Å². The fraction of sp³-hybridized carbons (Fsp3) is 0.308. The van der Waals surface area contributed by atoms with Crippen molar-refractivity contribution in [2.45, 2.75) is 31.8 Å². The van der Waals surface area contributed by atoms with Gasteiger partial charge in [-0.3, -0.25) is 9.55 Å². The molecular weight excluding hydrogens is 442 g/mol. The Kier molecular flexibility index (Phi) is 5.23. The number of carbonyl (C=O) groups is 1. The smallest absolute Gasteiger partial charge is 0.354 e. The van der Waals surface area contributed by atoms with Crippen molar-refractivity contribution in [2.75, 3.05) is 19.6 Å². The number of aromatic nitrogens is 4. The maximum atomic E-state index is 13.6. The van der Waals surface area contributed by atoms with Crippen LogP contribution in [0, 0.1) is 0 Å². The quantitative estimate of drug-likeness (QED) is 0.398. The fourth-order valence-electron chi connectivity index (χ4n) is 5.42. The molecule has 3 aromatic heterocycles.